The smallest absolute Gasteiger partial charge is 0.186 e. The SMILES string of the molecule is CCN(CC)CCC[Si](C)(C)OC. The van der Waals surface area contributed by atoms with E-state index in [1.165, 1.54) is 32.1 Å². The van der Waals surface area contributed by atoms with Gasteiger partial charge >= 0.3 is 0 Å². The molecule has 0 N–H and O–H groups in total. The van der Waals surface area contributed by atoms with E-state index in [2.05, 4.69) is 31.8 Å². The van der Waals surface area contributed by atoms with Crippen LogP contribution in [0.5, 0.6) is 0 Å². The predicted octanol–water partition coefficient (Wildman–Crippen LogP) is 2.57. The lowest BCUT2D eigenvalue weighted by Crippen LogP contribution is -2.31. The zero-order chi connectivity index (χ0) is 10.3. The Kier molecular flexibility index (Phi) is 6.64. The van der Waals surface area contributed by atoms with Crippen LogP contribution in [0.25, 0.3) is 0 Å². The van der Waals surface area contributed by atoms with E-state index < -0.39 is 8.32 Å². The van der Waals surface area contributed by atoms with Crippen molar-refractivity contribution in [3.63, 3.8) is 0 Å². The van der Waals surface area contributed by atoms with E-state index in [-0.39, 0.29) is 0 Å². The molecule has 2 nitrogen and oxygen atoms in total. The minimum Gasteiger partial charge on any atom is -0.420 e. The van der Waals surface area contributed by atoms with Gasteiger partial charge in [0.05, 0.1) is 0 Å². The summed E-state index contributed by atoms with van der Waals surface area (Å²) in [6.45, 7) is 12.6. The molecule has 0 saturated heterocycles. The summed E-state index contributed by atoms with van der Waals surface area (Å²) in [5.74, 6) is 0. The van der Waals surface area contributed by atoms with Crippen molar-refractivity contribution in [3.8, 4) is 0 Å². The normalized spacial score (nSPS) is 12.5. The average Bonchev–Trinajstić information content (AvgIpc) is 2.12. The Morgan fingerprint density at radius 2 is 1.69 bits per heavy atom. The highest BCUT2D eigenvalue weighted by molar-refractivity contribution is 6.71. The molecule has 0 aliphatic heterocycles. The minimum absolute atomic E-state index is 1.17. The van der Waals surface area contributed by atoms with Crippen molar-refractivity contribution in [1.29, 1.82) is 0 Å². The van der Waals surface area contributed by atoms with Crippen LogP contribution in [0.15, 0.2) is 0 Å². The standard InChI is InChI=1S/C10H25NOSi/c1-6-11(7-2)9-8-10-13(4,5)12-3/h6-10H2,1-5H3. The van der Waals surface area contributed by atoms with Gasteiger partial charge in [0.1, 0.15) is 0 Å². The summed E-state index contributed by atoms with van der Waals surface area (Å²) in [4.78, 5) is 2.47. The number of nitrogens with zero attached hydrogens (tertiary/aromatic N) is 1. The van der Waals surface area contributed by atoms with Gasteiger partial charge in [-0.05, 0) is 45.2 Å². The van der Waals surface area contributed by atoms with Gasteiger partial charge in [-0.1, -0.05) is 13.8 Å². The van der Waals surface area contributed by atoms with Gasteiger partial charge in [-0.3, -0.25) is 0 Å². The van der Waals surface area contributed by atoms with E-state index in [1.807, 2.05) is 7.11 Å². The topological polar surface area (TPSA) is 12.5 Å². The van der Waals surface area contributed by atoms with Crippen LogP contribution in [0.4, 0.5) is 0 Å². The van der Waals surface area contributed by atoms with Gasteiger partial charge in [0.15, 0.2) is 8.32 Å². The highest BCUT2D eigenvalue weighted by Crippen LogP contribution is 2.12. The molecule has 0 aromatic carbocycles. The van der Waals surface area contributed by atoms with Crippen molar-refractivity contribution in [1.82, 2.24) is 4.90 Å². The van der Waals surface area contributed by atoms with Crippen molar-refractivity contribution in [3.05, 3.63) is 0 Å². The molecule has 13 heavy (non-hydrogen) atoms. The van der Waals surface area contributed by atoms with E-state index in [4.69, 9.17) is 4.43 Å². The molecular formula is C10H25NOSi. The summed E-state index contributed by atoms with van der Waals surface area (Å²) >= 11 is 0. The second-order valence-electron chi connectivity index (χ2n) is 4.09. The molecule has 0 bridgehead atoms. The Hall–Kier alpha value is 0.137. The Labute approximate surface area is 84.4 Å². The monoisotopic (exact) mass is 203 g/mol. The molecule has 0 atom stereocenters. The van der Waals surface area contributed by atoms with Crippen molar-refractivity contribution in [2.75, 3.05) is 26.7 Å². The van der Waals surface area contributed by atoms with Crippen molar-refractivity contribution < 1.29 is 4.43 Å². The van der Waals surface area contributed by atoms with E-state index in [9.17, 15) is 0 Å². The fourth-order valence-corrected chi connectivity index (χ4v) is 2.58. The second kappa shape index (κ2) is 6.57. The number of hydrogen-bond acceptors (Lipinski definition) is 2. The Bertz CT molecular complexity index is 124. The van der Waals surface area contributed by atoms with E-state index in [0.717, 1.165) is 0 Å². The van der Waals surface area contributed by atoms with Crippen LogP contribution in [0.3, 0.4) is 0 Å². The zero-order valence-corrected chi connectivity index (χ0v) is 10.9. The third kappa shape index (κ3) is 6.24. The largest absolute Gasteiger partial charge is 0.420 e. The van der Waals surface area contributed by atoms with Crippen LogP contribution in [0, 0.1) is 0 Å². The fourth-order valence-electron chi connectivity index (χ4n) is 1.37. The average molecular weight is 203 g/mol. The lowest BCUT2D eigenvalue weighted by atomic mass is 10.4. The summed E-state index contributed by atoms with van der Waals surface area (Å²) in [5.41, 5.74) is 0. The molecule has 80 valence electrons. The first kappa shape index (κ1) is 13.1. The summed E-state index contributed by atoms with van der Waals surface area (Å²) in [7, 11) is 0.555. The molecule has 3 heteroatoms. The fraction of sp³-hybridized carbons (Fsp3) is 1.00. The van der Waals surface area contributed by atoms with E-state index in [1.54, 1.807) is 0 Å². The molecule has 0 rings (SSSR count). The molecule has 0 amide bonds. The lowest BCUT2D eigenvalue weighted by Gasteiger charge is -2.23. The molecule has 0 aliphatic carbocycles. The third-order valence-electron chi connectivity index (χ3n) is 2.70. The molecule has 0 aromatic heterocycles. The highest BCUT2D eigenvalue weighted by atomic mass is 28.4. The van der Waals surface area contributed by atoms with Crippen molar-refractivity contribution in [2.45, 2.75) is 39.4 Å². The summed E-state index contributed by atoms with van der Waals surface area (Å²) in [5, 5.41) is 0. The lowest BCUT2D eigenvalue weighted by molar-refractivity contribution is 0.301. The molecule has 0 spiro atoms. The van der Waals surface area contributed by atoms with Crippen molar-refractivity contribution >= 4 is 8.32 Å². The molecular weight excluding hydrogens is 178 g/mol. The number of hydrogen-bond donors (Lipinski definition) is 0. The highest BCUT2D eigenvalue weighted by Gasteiger charge is 2.19. The number of rotatable bonds is 7. The molecule has 0 aliphatic rings. The maximum atomic E-state index is 5.51. The molecule has 0 fully saturated rings. The quantitative estimate of drug-likeness (QED) is 0.590. The predicted molar refractivity (Wildman–Crippen MR) is 61.7 cm³/mol. The molecule has 0 unspecified atom stereocenters. The third-order valence-corrected chi connectivity index (χ3v) is 5.36. The van der Waals surface area contributed by atoms with E-state index >= 15 is 0 Å². The first-order chi connectivity index (χ1) is 6.05. The van der Waals surface area contributed by atoms with Crippen molar-refractivity contribution in [2.24, 2.45) is 0 Å². The van der Waals surface area contributed by atoms with Gasteiger partial charge in [0.25, 0.3) is 0 Å². The molecule has 0 heterocycles. The van der Waals surface area contributed by atoms with Crippen LogP contribution in [0.2, 0.25) is 19.1 Å². The van der Waals surface area contributed by atoms with Gasteiger partial charge in [-0.2, -0.15) is 0 Å². The Balaban J connectivity index is 3.54. The van der Waals surface area contributed by atoms with Crippen LogP contribution in [0.1, 0.15) is 20.3 Å². The van der Waals surface area contributed by atoms with Crippen LogP contribution in [-0.2, 0) is 4.43 Å². The first-order valence-electron chi connectivity index (χ1n) is 5.33. The van der Waals surface area contributed by atoms with Crippen LogP contribution in [-0.4, -0.2) is 40.0 Å². The van der Waals surface area contributed by atoms with Crippen LogP contribution >= 0.6 is 0 Å². The minimum atomic E-state index is -1.30. The second-order valence-corrected chi connectivity index (χ2v) is 8.52. The summed E-state index contributed by atoms with van der Waals surface area (Å²) in [6, 6.07) is 1.28. The van der Waals surface area contributed by atoms with Gasteiger partial charge in [-0.25, -0.2) is 0 Å². The maximum Gasteiger partial charge on any atom is 0.186 e. The van der Waals surface area contributed by atoms with Gasteiger partial charge in [0.2, 0.25) is 0 Å². The molecule has 0 saturated carbocycles. The van der Waals surface area contributed by atoms with E-state index in [0.29, 0.717) is 0 Å². The van der Waals surface area contributed by atoms with Gasteiger partial charge in [-0.15, -0.1) is 0 Å². The first-order valence-corrected chi connectivity index (χ1v) is 8.44. The summed E-state index contributed by atoms with van der Waals surface area (Å²) in [6.07, 6.45) is 1.29. The van der Waals surface area contributed by atoms with Gasteiger partial charge in [0, 0.05) is 7.11 Å². The zero-order valence-electron chi connectivity index (χ0n) is 9.89. The Morgan fingerprint density at radius 3 is 2.08 bits per heavy atom. The molecule has 0 aromatic rings. The summed E-state index contributed by atoms with van der Waals surface area (Å²) < 4.78 is 5.51. The Morgan fingerprint density at radius 1 is 1.15 bits per heavy atom. The van der Waals surface area contributed by atoms with Crippen LogP contribution < -0.4 is 0 Å². The molecule has 0 radical (unpaired) electrons. The maximum absolute atomic E-state index is 5.51. The van der Waals surface area contributed by atoms with Gasteiger partial charge < -0.3 is 9.33 Å².